The Morgan fingerprint density at radius 1 is 1.28 bits per heavy atom. The second-order valence-electron chi connectivity index (χ2n) is 4.49. The molecule has 1 unspecified atom stereocenters. The second-order valence-corrected chi connectivity index (χ2v) is 7.12. The van der Waals surface area contributed by atoms with Crippen LogP contribution < -0.4 is 0 Å². The van der Waals surface area contributed by atoms with Crippen molar-refractivity contribution in [3.05, 3.63) is 55.2 Å². The van der Waals surface area contributed by atoms with Gasteiger partial charge >= 0.3 is 0 Å². The standard InChI is InChI=1S/C14H13BrO2S/c1-8-12(5-13(15)18-8)14(16)9-2-3-10-6-17-7-11(10)4-9/h2-5,14,16H,6-7H2,1H3. The summed E-state index contributed by atoms with van der Waals surface area (Å²) in [6.45, 7) is 3.38. The van der Waals surface area contributed by atoms with Gasteiger partial charge in [0.1, 0.15) is 6.10 Å². The smallest absolute Gasteiger partial charge is 0.105 e. The van der Waals surface area contributed by atoms with Gasteiger partial charge in [-0.1, -0.05) is 18.2 Å². The van der Waals surface area contributed by atoms with Crippen molar-refractivity contribution in [3.8, 4) is 0 Å². The van der Waals surface area contributed by atoms with Crippen LogP contribution in [0.4, 0.5) is 0 Å². The van der Waals surface area contributed by atoms with Gasteiger partial charge in [0.15, 0.2) is 0 Å². The summed E-state index contributed by atoms with van der Waals surface area (Å²) >= 11 is 5.11. The summed E-state index contributed by atoms with van der Waals surface area (Å²) < 4.78 is 6.45. The number of fused-ring (bicyclic) bond motifs is 1. The Balaban J connectivity index is 1.97. The van der Waals surface area contributed by atoms with Crippen LogP contribution in [0.5, 0.6) is 0 Å². The highest BCUT2D eigenvalue weighted by Gasteiger charge is 2.18. The van der Waals surface area contributed by atoms with E-state index in [1.54, 1.807) is 11.3 Å². The van der Waals surface area contributed by atoms with E-state index < -0.39 is 6.10 Å². The lowest BCUT2D eigenvalue weighted by atomic mass is 9.98. The molecule has 0 spiro atoms. The normalized spacial score (nSPS) is 15.7. The second kappa shape index (κ2) is 4.78. The largest absolute Gasteiger partial charge is 0.384 e. The summed E-state index contributed by atoms with van der Waals surface area (Å²) in [5.74, 6) is 0. The van der Waals surface area contributed by atoms with E-state index in [1.165, 1.54) is 11.1 Å². The molecule has 0 fully saturated rings. The van der Waals surface area contributed by atoms with Crippen LogP contribution in [0, 0.1) is 6.92 Å². The summed E-state index contributed by atoms with van der Waals surface area (Å²) in [5, 5.41) is 10.5. The Labute approximate surface area is 118 Å². The van der Waals surface area contributed by atoms with Gasteiger partial charge in [0.05, 0.1) is 17.0 Å². The van der Waals surface area contributed by atoms with Crippen LogP contribution in [0.1, 0.15) is 33.2 Å². The number of rotatable bonds is 2. The number of halogens is 1. The van der Waals surface area contributed by atoms with Crippen molar-refractivity contribution in [2.75, 3.05) is 0 Å². The van der Waals surface area contributed by atoms with Gasteiger partial charge in [0, 0.05) is 4.88 Å². The predicted octanol–water partition coefficient (Wildman–Crippen LogP) is 3.93. The van der Waals surface area contributed by atoms with E-state index in [1.807, 2.05) is 19.1 Å². The van der Waals surface area contributed by atoms with Gasteiger partial charge in [-0.3, -0.25) is 0 Å². The third-order valence-electron chi connectivity index (χ3n) is 3.28. The van der Waals surface area contributed by atoms with Gasteiger partial charge in [0.2, 0.25) is 0 Å². The maximum atomic E-state index is 10.5. The van der Waals surface area contributed by atoms with Crippen LogP contribution in [-0.2, 0) is 18.0 Å². The van der Waals surface area contributed by atoms with Crippen molar-refractivity contribution in [1.82, 2.24) is 0 Å². The first-order valence-electron chi connectivity index (χ1n) is 5.78. The van der Waals surface area contributed by atoms with Crippen molar-refractivity contribution >= 4 is 27.3 Å². The third-order valence-corrected chi connectivity index (χ3v) is 4.85. The minimum atomic E-state index is -0.557. The molecule has 1 aromatic carbocycles. The number of aliphatic hydroxyl groups excluding tert-OH is 1. The quantitative estimate of drug-likeness (QED) is 0.906. The van der Waals surface area contributed by atoms with Crippen LogP contribution in [0.2, 0.25) is 0 Å². The molecule has 94 valence electrons. The lowest BCUT2D eigenvalue weighted by Gasteiger charge is -2.12. The average molecular weight is 325 g/mol. The fourth-order valence-electron chi connectivity index (χ4n) is 2.27. The minimum absolute atomic E-state index is 0.557. The molecule has 3 rings (SSSR count). The van der Waals surface area contributed by atoms with E-state index in [0.717, 1.165) is 19.8 Å². The number of aliphatic hydroxyl groups is 1. The summed E-state index contributed by atoms with van der Waals surface area (Å²) in [6, 6.07) is 8.09. The molecule has 2 heterocycles. The van der Waals surface area contributed by atoms with E-state index in [-0.39, 0.29) is 0 Å². The Morgan fingerprint density at radius 2 is 2.06 bits per heavy atom. The van der Waals surface area contributed by atoms with Crippen LogP contribution in [0.25, 0.3) is 0 Å². The highest BCUT2D eigenvalue weighted by Crippen LogP contribution is 2.34. The number of thiophene rings is 1. The molecule has 1 N–H and O–H groups in total. The fraction of sp³-hybridized carbons (Fsp3) is 0.286. The van der Waals surface area contributed by atoms with Gasteiger partial charge in [-0.05, 0) is 51.2 Å². The molecule has 0 saturated heterocycles. The number of aryl methyl sites for hydroxylation is 1. The SMILES string of the molecule is Cc1sc(Br)cc1C(O)c1ccc2c(c1)COC2. The Hall–Kier alpha value is -0.680. The first-order valence-corrected chi connectivity index (χ1v) is 7.39. The molecule has 1 aromatic heterocycles. The molecule has 1 aliphatic heterocycles. The van der Waals surface area contributed by atoms with Crippen molar-refractivity contribution in [2.24, 2.45) is 0 Å². The number of benzene rings is 1. The molecule has 0 saturated carbocycles. The first kappa shape index (κ1) is 12.4. The zero-order chi connectivity index (χ0) is 12.7. The summed E-state index contributed by atoms with van der Waals surface area (Å²) in [7, 11) is 0. The molecule has 0 bridgehead atoms. The molecule has 1 atom stereocenters. The Bertz CT molecular complexity index is 591. The molecular formula is C14H13BrO2S. The maximum absolute atomic E-state index is 10.5. The lowest BCUT2D eigenvalue weighted by molar-refractivity contribution is 0.134. The molecule has 0 aliphatic carbocycles. The summed E-state index contributed by atoms with van der Waals surface area (Å²) in [5.41, 5.74) is 4.34. The van der Waals surface area contributed by atoms with Crippen LogP contribution in [-0.4, -0.2) is 5.11 Å². The Morgan fingerprint density at radius 3 is 2.78 bits per heavy atom. The van der Waals surface area contributed by atoms with Crippen LogP contribution in [0.3, 0.4) is 0 Å². The minimum Gasteiger partial charge on any atom is -0.384 e. The molecule has 4 heteroatoms. The average Bonchev–Trinajstić information content (AvgIpc) is 2.93. The number of hydrogen-bond acceptors (Lipinski definition) is 3. The van der Waals surface area contributed by atoms with Crippen LogP contribution in [0.15, 0.2) is 28.1 Å². The molecular weight excluding hydrogens is 312 g/mol. The highest BCUT2D eigenvalue weighted by atomic mass is 79.9. The molecule has 0 amide bonds. The summed E-state index contributed by atoms with van der Waals surface area (Å²) in [6.07, 6.45) is -0.557. The zero-order valence-electron chi connectivity index (χ0n) is 9.94. The number of ether oxygens (including phenoxy) is 1. The van der Waals surface area contributed by atoms with Crippen molar-refractivity contribution in [2.45, 2.75) is 26.2 Å². The molecule has 0 radical (unpaired) electrons. The van der Waals surface area contributed by atoms with Gasteiger partial charge in [-0.25, -0.2) is 0 Å². The molecule has 1 aliphatic rings. The molecule has 2 aromatic rings. The third kappa shape index (κ3) is 2.14. The first-order chi connectivity index (χ1) is 8.65. The highest BCUT2D eigenvalue weighted by molar-refractivity contribution is 9.11. The van der Waals surface area contributed by atoms with Gasteiger partial charge in [-0.15, -0.1) is 11.3 Å². The van der Waals surface area contributed by atoms with Crippen molar-refractivity contribution in [1.29, 1.82) is 0 Å². The van der Waals surface area contributed by atoms with Gasteiger partial charge in [0.25, 0.3) is 0 Å². The zero-order valence-corrected chi connectivity index (χ0v) is 12.3. The van der Waals surface area contributed by atoms with Crippen molar-refractivity contribution < 1.29 is 9.84 Å². The number of hydrogen-bond donors (Lipinski definition) is 1. The topological polar surface area (TPSA) is 29.5 Å². The van der Waals surface area contributed by atoms with Gasteiger partial charge < -0.3 is 9.84 Å². The summed E-state index contributed by atoms with van der Waals surface area (Å²) in [4.78, 5) is 1.14. The van der Waals surface area contributed by atoms with E-state index in [0.29, 0.717) is 13.2 Å². The van der Waals surface area contributed by atoms with Crippen LogP contribution >= 0.6 is 27.3 Å². The monoisotopic (exact) mass is 324 g/mol. The van der Waals surface area contributed by atoms with E-state index in [9.17, 15) is 5.11 Å². The van der Waals surface area contributed by atoms with E-state index >= 15 is 0 Å². The molecule has 2 nitrogen and oxygen atoms in total. The predicted molar refractivity (Wildman–Crippen MR) is 75.8 cm³/mol. The molecule has 18 heavy (non-hydrogen) atoms. The van der Waals surface area contributed by atoms with Crippen molar-refractivity contribution in [3.63, 3.8) is 0 Å². The maximum Gasteiger partial charge on any atom is 0.105 e. The lowest BCUT2D eigenvalue weighted by Crippen LogP contribution is -2.00. The van der Waals surface area contributed by atoms with Gasteiger partial charge in [-0.2, -0.15) is 0 Å². The van der Waals surface area contributed by atoms with E-state index in [2.05, 4.69) is 28.1 Å². The fourth-order valence-corrected chi connectivity index (χ4v) is 4.01. The van der Waals surface area contributed by atoms with E-state index in [4.69, 9.17) is 4.74 Å². The Kier molecular flexibility index (Phi) is 3.28.